The van der Waals surface area contributed by atoms with E-state index in [1.807, 2.05) is 0 Å². The number of esters is 1. The summed E-state index contributed by atoms with van der Waals surface area (Å²) in [6, 6.07) is 7.70. The minimum atomic E-state index is -3.80. The Morgan fingerprint density at radius 3 is 2.67 bits per heavy atom. The molecule has 0 saturated carbocycles. The standard InChI is InChI=1S/C13H14N2O5S/c1-19-10-5-3-4-9(6-10)15-21(17,18)11-7-12(14-8-11)13(16)20-2/h3-8,14-15H,1-2H3. The van der Waals surface area contributed by atoms with E-state index in [4.69, 9.17) is 4.74 Å². The molecule has 7 nitrogen and oxygen atoms in total. The first-order valence-electron chi connectivity index (χ1n) is 5.90. The van der Waals surface area contributed by atoms with Gasteiger partial charge in [-0.2, -0.15) is 0 Å². The third kappa shape index (κ3) is 3.34. The van der Waals surface area contributed by atoms with E-state index in [1.54, 1.807) is 24.3 Å². The molecule has 21 heavy (non-hydrogen) atoms. The Hall–Kier alpha value is -2.48. The summed E-state index contributed by atoms with van der Waals surface area (Å²) < 4.78 is 36.3. The number of hydrogen-bond donors (Lipinski definition) is 2. The zero-order valence-corrected chi connectivity index (χ0v) is 12.2. The van der Waals surface area contributed by atoms with E-state index in [2.05, 4.69) is 14.4 Å². The van der Waals surface area contributed by atoms with E-state index in [-0.39, 0.29) is 10.6 Å². The maximum absolute atomic E-state index is 12.2. The summed E-state index contributed by atoms with van der Waals surface area (Å²) in [6.45, 7) is 0. The monoisotopic (exact) mass is 310 g/mol. The number of anilines is 1. The Morgan fingerprint density at radius 1 is 1.24 bits per heavy atom. The summed E-state index contributed by atoms with van der Waals surface area (Å²) in [5.74, 6) is -0.114. The van der Waals surface area contributed by atoms with Crippen molar-refractivity contribution in [3.05, 3.63) is 42.2 Å². The van der Waals surface area contributed by atoms with Gasteiger partial charge in [-0.25, -0.2) is 13.2 Å². The highest BCUT2D eigenvalue weighted by Crippen LogP contribution is 2.21. The number of ether oxygens (including phenoxy) is 2. The van der Waals surface area contributed by atoms with Crippen molar-refractivity contribution in [2.24, 2.45) is 0 Å². The van der Waals surface area contributed by atoms with Gasteiger partial charge in [0.2, 0.25) is 0 Å². The van der Waals surface area contributed by atoms with Gasteiger partial charge < -0.3 is 14.5 Å². The molecule has 0 aliphatic rings. The van der Waals surface area contributed by atoms with Gasteiger partial charge in [-0.3, -0.25) is 4.72 Å². The SMILES string of the molecule is COC(=O)c1cc(S(=O)(=O)Nc2cccc(OC)c2)c[nH]1. The lowest BCUT2D eigenvalue weighted by atomic mass is 10.3. The minimum Gasteiger partial charge on any atom is -0.497 e. The average molecular weight is 310 g/mol. The van der Waals surface area contributed by atoms with E-state index in [0.29, 0.717) is 11.4 Å². The molecule has 112 valence electrons. The highest BCUT2D eigenvalue weighted by atomic mass is 32.2. The number of methoxy groups -OCH3 is 2. The lowest BCUT2D eigenvalue weighted by Crippen LogP contribution is -2.12. The number of sulfonamides is 1. The molecule has 0 amide bonds. The Kier molecular flexibility index (Phi) is 4.18. The highest BCUT2D eigenvalue weighted by Gasteiger charge is 2.19. The molecule has 0 aliphatic heterocycles. The van der Waals surface area contributed by atoms with Crippen LogP contribution in [0.2, 0.25) is 0 Å². The summed E-state index contributed by atoms with van der Waals surface area (Å²) in [5, 5.41) is 0. The predicted molar refractivity (Wildman–Crippen MR) is 75.9 cm³/mol. The lowest BCUT2D eigenvalue weighted by Gasteiger charge is -2.07. The topological polar surface area (TPSA) is 97.5 Å². The van der Waals surface area contributed by atoms with Crippen LogP contribution in [0.1, 0.15) is 10.5 Å². The van der Waals surface area contributed by atoms with Crippen molar-refractivity contribution in [3.63, 3.8) is 0 Å². The summed E-state index contributed by atoms with van der Waals surface area (Å²) >= 11 is 0. The van der Waals surface area contributed by atoms with E-state index >= 15 is 0 Å². The predicted octanol–water partition coefficient (Wildman–Crippen LogP) is 1.61. The van der Waals surface area contributed by atoms with Gasteiger partial charge in [0.05, 0.1) is 19.9 Å². The number of nitrogens with one attached hydrogen (secondary N) is 2. The number of carbonyl (C=O) groups excluding carboxylic acids is 1. The molecule has 2 aromatic rings. The van der Waals surface area contributed by atoms with Gasteiger partial charge in [0.25, 0.3) is 10.0 Å². The van der Waals surface area contributed by atoms with Crippen LogP contribution >= 0.6 is 0 Å². The fraction of sp³-hybridized carbons (Fsp3) is 0.154. The van der Waals surface area contributed by atoms with Crippen molar-refractivity contribution in [3.8, 4) is 5.75 Å². The van der Waals surface area contributed by atoms with Gasteiger partial charge in [-0.15, -0.1) is 0 Å². The van der Waals surface area contributed by atoms with Crippen molar-refractivity contribution >= 4 is 21.7 Å². The number of benzene rings is 1. The molecule has 0 unspecified atom stereocenters. The highest BCUT2D eigenvalue weighted by molar-refractivity contribution is 7.92. The van der Waals surface area contributed by atoms with Crippen molar-refractivity contribution in [1.82, 2.24) is 4.98 Å². The van der Waals surface area contributed by atoms with Crippen molar-refractivity contribution < 1.29 is 22.7 Å². The molecule has 1 aromatic carbocycles. The molecule has 0 fully saturated rings. The number of hydrogen-bond acceptors (Lipinski definition) is 5. The van der Waals surface area contributed by atoms with Crippen LogP contribution in [0, 0.1) is 0 Å². The smallest absolute Gasteiger partial charge is 0.354 e. The number of aromatic amines is 1. The molecule has 2 N–H and O–H groups in total. The van der Waals surface area contributed by atoms with Crippen LogP contribution < -0.4 is 9.46 Å². The average Bonchev–Trinajstić information content (AvgIpc) is 2.97. The van der Waals surface area contributed by atoms with E-state index in [1.165, 1.54) is 26.5 Å². The van der Waals surface area contributed by atoms with Crippen LogP contribution in [0.5, 0.6) is 5.75 Å². The van der Waals surface area contributed by atoms with E-state index < -0.39 is 16.0 Å². The third-order valence-electron chi connectivity index (χ3n) is 2.69. The number of carbonyl (C=O) groups is 1. The molecule has 0 radical (unpaired) electrons. The summed E-state index contributed by atoms with van der Waals surface area (Å²) in [4.78, 5) is 13.8. The summed E-state index contributed by atoms with van der Waals surface area (Å²) in [7, 11) is -1.10. The van der Waals surface area contributed by atoms with Gasteiger partial charge in [-0.1, -0.05) is 6.07 Å². The normalized spacial score (nSPS) is 11.0. The quantitative estimate of drug-likeness (QED) is 0.818. The van der Waals surface area contributed by atoms with Crippen LogP contribution in [0.3, 0.4) is 0 Å². The first kappa shape index (κ1) is 14.9. The number of rotatable bonds is 5. The molecule has 8 heteroatoms. The van der Waals surface area contributed by atoms with Gasteiger partial charge in [0, 0.05) is 12.3 Å². The maximum Gasteiger partial charge on any atom is 0.354 e. The molecule has 0 atom stereocenters. The first-order valence-corrected chi connectivity index (χ1v) is 7.38. The zero-order valence-electron chi connectivity index (χ0n) is 11.4. The molecule has 1 aromatic heterocycles. The van der Waals surface area contributed by atoms with Crippen molar-refractivity contribution in [1.29, 1.82) is 0 Å². The second-order valence-electron chi connectivity index (χ2n) is 4.08. The molecule has 0 bridgehead atoms. The van der Waals surface area contributed by atoms with E-state index in [0.717, 1.165) is 0 Å². The first-order chi connectivity index (χ1) is 9.96. The van der Waals surface area contributed by atoms with Crippen molar-refractivity contribution in [2.45, 2.75) is 4.90 Å². The van der Waals surface area contributed by atoms with E-state index in [9.17, 15) is 13.2 Å². The summed E-state index contributed by atoms with van der Waals surface area (Å²) in [5.41, 5.74) is 0.415. The molecule has 1 heterocycles. The van der Waals surface area contributed by atoms with Crippen LogP contribution in [0.25, 0.3) is 0 Å². The summed E-state index contributed by atoms with van der Waals surface area (Å²) in [6.07, 6.45) is 1.22. The van der Waals surface area contributed by atoms with Crippen LogP contribution in [0.4, 0.5) is 5.69 Å². The Morgan fingerprint density at radius 2 is 2.00 bits per heavy atom. The molecule has 0 aliphatic carbocycles. The number of aromatic nitrogens is 1. The van der Waals surface area contributed by atoms with Crippen LogP contribution in [-0.4, -0.2) is 33.6 Å². The van der Waals surface area contributed by atoms with Gasteiger partial charge in [0.15, 0.2) is 0 Å². The molecular weight excluding hydrogens is 296 g/mol. The largest absolute Gasteiger partial charge is 0.497 e. The second-order valence-corrected chi connectivity index (χ2v) is 5.76. The van der Waals surface area contributed by atoms with Gasteiger partial charge >= 0.3 is 5.97 Å². The van der Waals surface area contributed by atoms with Gasteiger partial charge in [0.1, 0.15) is 16.3 Å². The fourth-order valence-corrected chi connectivity index (χ4v) is 2.70. The third-order valence-corrected chi connectivity index (χ3v) is 4.05. The lowest BCUT2D eigenvalue weighted by molar-refractivity contribution is 0.0595. The fourth-order valence-electron chi connectivity index (χ4n) is 1.66. The van der Waals surface area contributed by atoms with Crippen LogP contribution in [0.15, 0.2) is 41.4 Å². The Balaban J connectivity index is 2.25. The minimum absolute atomic E-state index is 0.0588. The van der Waals surface area contributed by atoms with Crippen molar-refractivity contribution in [2.75, 3.05) is 18.9 Å². The molecule has 2 rings (SSSR count). The molecular formula is C13H14N2O5S. The zero-order chi connectivity index (χ0) is 15.5. The van der Waals surface area contributed by atoms with Gasteiger partial charge in [-0.05, 0) is 18.2 Å². The molecule has 0 saturated heterocycles. The molecule has 0 spiro atoms. The maximum atomic E-state index is 12.2. The van der Waals surface area contributed by atoms with Crippen LogP contribution in [-0.2, 0) is 14.8 Å². The Labute approximate surface area is 121 Å². The number of H-pyrrole nitrogens is 1. The Bertz CT molecular complexity index is 751. The second kappa shape index (κ2) is 5.88.